The number of aryl methyl sites for hydroxylation is 1. The fourth-order valence-corrected chi connectivity index (χ4v) is 2.79. The summed E-state index contributed by atoms with van der Waals surface area (Å²) in [6.07, 6.45) is 1.00. The Labute approximate surface area is 129 Å². The van der Waals surface area contributed by atoms with Gasteiger partial charge < -0.3 is 9.72 Å². The minimum absolute atomic E-state index is 0.0501. The molecule has 3 nitrogen and oxygen atoms in total. The Balaban J connectivity index is 2.23. The second-order valence-corrected chi connectivity index (χ2v) is 5.39. The number of H-pyrrole nitrogens is 1. The molecule has 0 aliphatic rings. The SMILES string of the molecule is CCc1ccc(-c2[nH]c3ccc(OC)cc3c2C(C)=O)cc1. The quantitative estimate of drug-likeness (QED) is 0.714. The van der Waals surface area contributed by atoms with Crippen molar-refractivity contribution in [3.63, 3.8) is 0 Å². The van der Waals surface area contributed by atoms with Crippen LogP contribution in [0.2, 0.25) is 0 Å². The number of nitrogens with one attached hydrogen (secondary N) is 1. The van der Waals surface area contributed by atoms with Gasteiger partial charge in [-0.2, -0.15) is 0 Å². The van der Waals surface area contributed by atoms with Crippen LogP contribution in [0.5, 0.6) is 5.75 Å². The van der Waals surface area contributed by atoms with Crippen molar-refractivity contribution in [3.05, 3.63) is 53.6 Å². The van der Waals surface area contributed by atoms with Crippen molar-refractivity contribution < 1.29 is 9.53 Å². The van der Waals surface area contributed by atoms with Crippen LogP contribution in [0.3, 0.4) is 0 Å². The maximum absolute atomic E-state index is 12.2. The van der Waals surface area contributed by atoms with Crippen LogP contribution in [0.4, 0.5) is 0 Å². The molecule has 0 aliphatic carbocycles. The molecule has 3 heteroatoms. The average Bonchev–Trinajstić information content (AvgIpc) is 2.93. The predicted octanol–water partition coefficient (Wildman–Crippen LogP) is 4.61. The number of benzene rings is 2. The highest BCUT2D eigenvalue weighted by atomic mass is 16.5. The Morgan fingerprint density at radius 3 is 2.45 bits per heavy atom. The molecule has 1 heterocycles. The molecule has 112 valence electrons. The van der Waals surface area contributed by atoms with E-state index in [4.69, 9.17) is 4.74 Å². The van der Waals surface area contributed by atoms with Gasteiger partial charge in [0.15, 0.2) is 5.78 Å². The lowest BCUT2D eigenvalue weighted by molar-refractivity contribution is 0.102. The van der Waals surface area contributed by atoms with Gasteiger partial charge in [-0.1, -0.05) is 31.2 Å². The third kappa shape index (κ3) is 2.39. The Morgan fingerprint density at radius 1 is 1.14 bits per heavy atom. The van der Waals surface area contributed by atoms with E-state index in [1.165, 1.54) is 5.56 Å². The molecule has 0 radical (unpaired) electrons. The molecule has 1 aromatic heterocycles. The van der Waals surface area contributed by atoms with E-state index in [0.29, 0.717) is 0 Å². The second-order valence-electron chi connectivity index (χ2n) is 5.39. The van der Waals surface area contributed by atoms with Crippen molar-refractivity contribution in [1.82, 2.24) is 4.98 Å². The zero-order valence-corrected chi connectivity index (χ0v) is 13.1. The maximum Gasteiger partial charge on any atom is 0.162 e. The number of ether oxygens (including phenoxy) is 1. The van der Waals surface area contributed by atoms with Crippen molar-refractivity contribution in [2.24, 2.45) is 0 Å². The molecule has 0 unspecified atom stereocenters. The van der Waals surface area contributed by atoms with Gasteiger partial charge >= 0.3 is 0 Å². The summed E-state index contributed by atoms with van der Waals surface area (Å²) in [7, 11) is 1.63. The summed E-state index contributed by atoms with van der Waals surface area (Å²) < 4.78 is 5.28. The molecule has 1 N–H and O–H groups in total. The van der Waals surface area contributed by atoms with E-state index in [-0.39, 0.29) is 5.78 Å². The van der Waals surface area contributed by atoms with E-state index < -0.39 is 0 Å². The number of fused-ring (bicyclic) bond motifs is 1. The molecular weight excluding hydrogens is 274 g/mol. The summed E-state index contributed by atoms with van der Waals surface area (Å²) in [5, 5.41) is 0.904. The Hall–Kier alpha value is -2.55. The number of carbonyl (C=O) groups excluding carboxylic acids is 1. The molecule has 0 saturated carbocycles. The number of hydrogen-bond acceptors (Lipinski definition) is 2. The summed E-state index contributed by atoms with van der Waals surface area (Å²) in [6, 6.07) is 14.1. The van der Waals surface area contributed by atoms with Gasteiger partial charge in [0.2, 0.25) is 0 Å². The number of aromatic nitrogens is 1. The van der Waals surface area contributed by atoms with Crippen LogP contribution in [0.1, 0.15) is 29.8 Å². The zero-order valence-electron chi connectivity index (χ0n) is 13.1. The average molecular weight is 293 g/mol. The molecule has 22 heavy (non-hydrogen) atoms. The topological polar surface area (TPSA) is 42.1 Å². The fourth-order valence-electron chi connectivity index (χ4n) is 2.79. The van der Waals surface area contributed by atoms with Crippen LogP contribution in [-0.4, -0.2) is 17.9 Å². The Bertz CT molecular complexity index is 829. The Kier molecular flexibility index (Phi) is 3.72. The summed E-state index contributed by atoms with van der Waals surface area (Å²) in [5.41, 5.74) is 4.85. The lowest BCUT2D eigenvalue weighted by atomic mass is 10.0. The molecule has 0 aliphatic heterocycles. The molecule has 2 aromatic carbocycles. The first-order valence-corrected chi connectivity index (χ1v) is 7.44. The van der Waals surface area contributed by atoms with Crippen molar-refractivity contribution in [3.8, 4) is 17.0 Å². The molecular formula is C19H19NO2. The van der Waals surface area contributed by atoms with Crippen LogP contribution in [0.15, 0.2) is 42.5 Å². The fraction of sp³-hybridized carbons (Fsp3) is 0.211. The van der Waals surface area contributed by atoms with Gasteiger partial charge in [0, 0.05) is 10.9 Å². The largest absolute Gasteiger partial charge is 0.497 e. The van der Waals surface area contributed by atoms with E-state index in [1.807, 2.05) is 18.2 Å². The normalized spacial score (nSPS) is 10.9. The van der Waals surface area contributed by atoms with Gasteiger partial charge in [-0.15, -0.1) is 0 Å². The third-order valence-corrected chi connectivity index (χ3v) is 4.01. The lowest BCUT2D eigenvalue weighted by Gasteiger charge is -2.04. The lowest BCUT2D eigenvalue weighted by Crippen LogP contribution is -1.94. The van der Waals surface area contributed by atoms with E-state index in [9.17, 15) is 4.79 Å². The minimum atomic E-state index is 0.0501. The number of hydrogen-bond donors (Lipinski definition) is 1. The molecule has 3 rings (SSSR count). The summed E-state index contributed by atoms with van der Waals surface area (Å²) >= 11 is 0. The first kappa shape index (κ1) is 14.4. The summed E-state index contributed by atoms with van der Waals surface area (Å²) in [4.78, 5) is 15.6. The predicted molar refractivity (Wildman–Crippen MR) is 89.7 cm³/mol. The van der Waals surface area contributed by atoms with Gasteiger partial charge in [-0.25, -0.2) is 0 Å². The molecule has 0 atom stereocenters. The number of methoxy groups -OCH3 is 1. The van der Waals surface area contributed by atoms with Crippen molar-refractivity contribution >= 4 is 16.7 Å². The highest BCUT2D eigenvalue weighted by Crippen LogP contribution is 2.33. The van der Waals surface area contributed by atoms with Gasteiger partial charge in [-0.3, -0.25) is 4.79 Å². The zero-order chi connectivity index (χ0) is 15.7. The first-order valence-electron chi connectivity index (χ1n) is 7.44. The van der Waals surface area contributed by atoms with Crippen LogP contribution in [-0.2, 0) is 6.42 Å². The first-order chi connectivity index (χ1) is 10.6. The van der Waals surface area contributed by atoms with E-state index in [1.54, 1.807) is 14.0 Å². The Morgan fingerprint density at radius 2 is 1.86 bits per heavy atom. The molecule has 0 fully saturated rings. The summed E-state index contributed by atoms with van der Waals surface area (Å²) in [5.74, 6) is 0.802. The van der Waals surface area contributed by atoms with E-state index >= 15 is 0 Å². The molecule has 0 amide bonds. The van der Waals surface area contributed by atoms with Crippen LogP contribution in [0, 0.1) is 0 Å². The molecule has 3 aromatic rings. The molecule has 0 spiro atoms. The van der Waals surface area contributed by atoms with Gasteiger partial charge in [0.05, 0.1) is 18.4 Å². The van der Waals surface area contributed by atoms with Crippen molar-refractivity contribution in [1.29, 1.82) is 0 Å². The van der Waals surface area contributed by atoms with Gasteiger partial charge in [-0.05, 0) is 42.7 Å². The van der Waals surface area contributed by atoms with Crippen molar-refractivity contribution in [2.75, 3.05) is 7.11 Å². The number of Topliss-reactive ketones (excluding diaryl/α,β-unsaturated/α-hetero) is 1. The van der Waals surface area contributed by atoms with Crippen LogP contribution >= 0.6 is 0 Å². The number of rotatable bonds is 4. The number of ketones is 1. The van der Waals surface area contributed by atoms with E-state index in [0.717, 1.165) is 39.9 Å². The van der Waals surface area contributed by atoms with Gasteiger partial charge in [0.25, 0.3) is 0 Å². The minimum Gasteiger partial charge on any atom is -0.497 e. The van der Waals surface area contributed by atoms with E-state index in [2.05, 4.69) is 36.2 Å². The summed E-state index contributed by atoms with van der Waals surface area (Å²) in [6.45, 7) is 3.73. The van der Waals surface area contributed by atoms with Gasteiger partial charge in [0.1, 0.15) is 5.75 Å². The monoisotopic (exact) mass is 293 g/mol. The molecule has 0 saturated heterocycles. The molecule has 0 bridgehead atoms. The highest BCUT2D eigenvalue weighted by Gasteiger charge is 2.17. The third-order valence-electron chi connectivity index (χ3n) is 4.01. The standard InChI is InChI=1S/C19H19NO2/c1-4-13-5-7-14(8-6-13)19-18(12(2)21)16-11-15(22-3)9-10-17(16)20-19/h5-11,20H,4H2,1-3H3. The van der Waals surface area contributed by atoms with Crippen LogP contribution < -0.4 is 4.74 Å². The van der Waals surface area contributed by atoms with Crippen molar-refractivity contribution in [2.45, 2.75) is 20.3 Å². The van der Waals surface area contributed by atoms with Crippen LogP contribution in [0.25, 0.3) is 22.2 Å². The highest BCUT2D eigenvalue weighted by molar-refractivity contribution is 6.12. The smallest absolute Gasteiger partial charge is 0.162 e. The maximum atomic E-state index is 12.2. The second kappa shape index (κ2) is 5.68. The number of aromatic amines is 1. The number of carbonyl (C=O) groups is 1.